The summed E-state index contributed by atoms with van der Waals surface area (Å²) in [6, 6.07) is 10.2. The van der Waals surface area contributed by atoms with E-state index in [1.807, 2.05) is 13.0 Å². The highest BCUT2D eigenvalue weighted by atomic mass is 16.5. The first kappa shape index (κ1) is 16.1. The number of benzene rings is 1. The Balaban J connectivity index is 2.68. The minimum absolute atomic E-state index is 0.295. The first-order chi connectivity index (χ1) is 10.5. The van der Waals surface area contributed by atoms with E-state index in [2.05, 4.69) is 54.5 Å². The van der Waals surface area contributed by atoms with Crippen LogP contribution in [0.4, 0.5) is 5.82 Å². The Kier molecular flexibility index (Phi) is 4.91. The van der Waals surface area contributed by atoms with Crippen LogP contribution in [0.25, 0.3) is 5.69 Å². The van der Waals surface area contributed by atoms with Gasteiger partial charge < -0.3 is 14.2 Å². The van der Waals surface area contributed by atoms with Crippen LogP contribution < -0.4 is 4.90 Å². The van der Waals surface area contributed by atoms with Crippen molar-refractivity contribution in [1.29, 1.82) is 0 Å². The molecule has 2 rings (SSSR count). The van der Waals surface area contributed by atoms with Gasteiger partial charge in [-0.1, -0.05) is 17.7 Å². The maximum atomic E-state index is 12.2. The van der Waals surface area contributed by atoms with E-state index in [1.54, 1.807) is 0 Å². The zero-order valence-electron chi connectivity index (χ0n) is 14.0. The van der Waals surface area contributed by atoms with Crippen LogP contribution >= 0.6 is 0 Å². The molecular weight excluding hydrogens is 276 g/mol. The molecule has 4 heteroatoms. The molecule has 22 heavy (non-hydrogen) atoms. The fourth-order valence-corrected chi connectivity index (χ4v) is 2.74. The number of methoxy groups -OCH3 is 1. The van der Waals surface area contributed by atoms with Crippen molar-refractivity contribution >= 4 is 11.8 Å². The van der Waals surface area contributed by atoms with Gasteiger partial charge in [0.2, 0.25) is 0 Å². The zero-order chi connectivity index (χ0) is 16.3. The fraction of sp³-hybridized carbons (Fsp3) is 0.389. The lowest BCUT2D eigenvalue weighted by Crippen LogP contribution is -2.26. The van der Waals surface area contributed by atoms with Gasteiger partial charge in [-0.05, 0) is 45.9 Å². The largest absolute Gasteiger partial charge is 0.465 e. The summed E-state index contributed by atoms with van der Waals surface area (Å²) < 4.78 is 7.08. The van der Waals surface area contributed by atoms with Crippen LogP contribution in [-0.4, -0.2) is 30.7 Å². The topological polar surface area (TPSA) is 34.5 Å². The molecule has 1 aromatic carbocycles. The van der Waals surface area contributed by atoms with E-state index in [0.29, 0.717) is 5.56 Å². The third-order valence-corrected chi connectivity index (χ3v) is 3.92. The number of carbonyl (C=O) groups excluding carboxylic acids is 1. The molecule has 4 nitrogen and oxygen atoms in total. The molecule has 0 N–H and O–H groups in total. The van der Waals surface area contributed by atoms with E-state index in [9.17, 15) is 4.79 Å². The number of esters is 1. The van der Waals surface area contributed by atoms with Crippen molar-refractivity contribution in [2.24, 2.45) is 0 Å². The fourth-order valence-electron chi connectivity index (χ4n) is 2.74. The third-order valence-electron chi connectivity index (χ3n) is 3.92. The van der Waals surface area contributed by atoms with E-state index in [-0.39, 0.29) is 5.97 Å². The molecule has 2 aromatic rings. The number of carbonyl (C=O) groups is 1. The first-order valence-corrected chi connectivity index (χ1v) is 7.66. The Morgan fingerprint density at radius 3 is 2.23 bits per heavy atom. The lowest BCUT2D eigenvalue weighted by Gasteiger charge is -2.25. The van der Waals surface area contributed by atoms with Crippen LogP contribution in [0.15, 0.2) is 30.3 Å². The number of hydrogen-bond donors (Lipinski definition) is 0. The summed E-state index contributed by atoms with van der Waals surface area (Å²) in [4.78, 5) is 14.3. The Labute approximate surface area is 132 Å². The maximum absolute atomic E-state index is 12.2. The highest BCUT2D eigenvalue weighted by Gasteiger charge is 2.23. The average molecular weight is 300 g/mol. The van der Waals surface area contributed by atoms with Gasteiger partial charge in [-0.15, -0.1) is 0 Å². The number of aryl methyl sites for hydroxylation is 2. The van der Waals surface area contributed by atoms with E-state index < -0.39 is 0 Å². The Hall–Kier alpha value is -2.23. The van der Waals surface area contributed by atoms with Gasteiger partial charge >= 0.3 is 5.97 Å². The summed E-state index contributed by atoms with van der Waals surface area (Å²) in [5, 5.41) is 0. The SMILES string of the molecule is CCN(CC)c1c(C(=O)OC)cc(C)n1-c1ccc(C)cc1. The standard InChI is InChI=1S/C18H24N2O2/c1-6-19(7-2)17-16(18(21)22-5)12-14(4)20(17)15-10-8-13(3)9-11-15/h8-12H,6-7H2,1-5H3. The molecule has 0 bridgehead atoms. The molecule has 1 aromatic heterocycles. The molecule has 0 aliphatic carbocycles. The predicted octanol–water partition coefficient (Wildman–Crippen LogP) is 3.73. The van der Waals surface area contributed by atoms with Crippen molar-refractivity contribution in [3.05, 3.63) is 47.2 Å². The van der Waals surface area contributed by atoms with Crippen molar-refractivity contribution in [3.63, 3.8) is 0 Å². The normalized spacial score (nSPS) is 10.6. The molecule has 0 aliphatic rings. The molecular formula is C18H24N2O2. The van der Waals surface area contributed by atoms with Gasteiger partial charge in [-0.2, -0.15) is 0 Å². The molecule has 0 unspecified atom stereocenters. The number of ether oxygens (including phenoxy) is 1. The summed E-state index contributed by atoms with van der Waals surface area (Å²) in [7, 11) is 1.42. The van der Waals surface area contributed by atoms with Gasteiger partial charge in [0.05, 0.1) is 7.11 Å². The minimum Gasteiger partial charge on any atom is -0.465 e. The van der Waals surface area contributed by atoms with Crippen LogP contribution in [0, 0.1) is 13.8 Å². The van der Waals surface area contributed by atoms with Crippen molar-refractivity contribution in [2.45, 2.75) is 27.7 Å². The van der Waals surface area contributed by atoms with Gasteiger partial charge in [0, 0.05) is 24.5 Å². The second-order valence-electron chi connectivity index (χ2n) is 5.36. The smallest absolute Gasteiger partial charge is 0.341 e. The zero-order valence-corrected chi connectivity index (χ0v) is 14.0. The summed E-state index contributed by atoms with van der Waals surface area (Å²) in [5.41, 5.74) is 3.90. The van der Waals surface area contributed by atoms with Crippen LogP contribution in [-0.2, 0) is 4.74 Å². The van der Waals surface area contributed by atoms with Gasteiger partial charge in [0.1, 0.15) is 11.4 Å². The van der Waals surface area contributed by atoms with Crippen LogP contribution in [0.1, 0.15) is 35.5 Å². The second-order valence-corrected chi connectivity index (χ2v) is 5.36. The van der Waals surface area contributed by atoms with Gasteiger partial charge in [0.25, 0.3) is 0 Å². The highest BCUT2D eigenvalue weighted by Crippen LogP contribution is 2.30. The van der Waals surface area contributed by atoms with E-state index in [4.69, 9.17) is 4.74 Å². The lowest BCUT2D eigenvalue weighted by atomic mass is 10.2. The molecule has 0 amide bonds. The van der Waals surface area contributed by atoms with E-state index >= 15 is 0 Å². The van der Waals surface area contributed by atoms with E-state index in [1.165, 1.54) is 12.7 Å². The molecule has 1 heterocycles. The van der Waals surface area contributed by atoms with Gasteiger partial charge in [-0.3, -0.25) is 0 Å². The number of nitrogens with zero attached hydrogens (tertiary/aromatic N) is 2. The second kappa shape index (κ2) is 6.69. The molecule has 0 saturated carbocycles. The maximum Gasteiger partial charge on any atom is 0.341 e. The van der Waals surface area contributed by atoms with Crippen molar-refractivity contribution in [1.82, 2.24) is 4.57 Å². The number of hydrogen-bond acceptors (Lipinski definition) is 3. The van der Waals surface area contributed by atoms with E-state index in [0.717, 1.165) is 30.3 Å². The first-order valence-electron chi connectivity index (χ1n) is 7.66. The third kappa shape index (κ3) is 2.86. The minimum atomic E-state index is -0.295. The Morgan fingerprint density at radius 1 is 1.14 bits per heavy atom. The average Bonchev–Trinajstić information content (AvgIpc) is 2.86. The molecule has 0 spiro atoms. The summed E-state index contributed by atoms with van der Waals surface area (Å²) in [5.74, 6) is 0.606. The van der Waals surface area contributed by atoms with Crippen molar-refractivity contribution in [3.8, 4) is 5.69 Å². The molecule has 0 radical (unpaired) electrons. The predicted molar refractivity (Wildman–Crippen MR) is 90.1 cm³/mol. The molecule has 0 saturated heterocycles. The number of aromatic nitrogens is 1. The number of rotatable bonds is 5. The highest BCUT2D eigenvalue weighted by molar-refractivity contribution is 5.96. The monoisotopic (exact) mass is 300 g/mol. The van der Waals surface area contributed by atoms with Crippen LogP contribution in [0.5, 0.6) is 0 Å². The molecule has 0 atom stereocenters. The van der Waals surface area contributed by atoms with Gasteiger partial charge in [0.15, 0.2) is 0 Å². The van der Waals surface area contributed by atoms with Crippen LogP contribution in [0.2, 0.25) is 0 Å². The summed E-state index contributed by atoms with van der Waals surface area (Å²) in [6.45, 7) is 9.92. The molecule has 118 valence electrons. The Bertz CT molecular complexity index is 652. The number of anilines is 1. The molecule has 0 fully saturated rings. The van der Waals surface area contributed by atoms with Crippen molar-refractivity contribution < 1.29 is 9.53 Å². The Morgan fingerprint density at radius 2 is 1.73 bits per heavy atom. The van der Waals surface area contributed by atoms with Gasteiger partial charge in [-0.25, -0.2) is 4.79 Å². The summed E-state index contributed by atoms with van der Waals surface area (Å²) in [6.07, 6.45) is 0. The lowest BCUT2D eigenvalue weighted by molar-refractivity contribution is 0.0601. The molecule has 0 aliphatic heterocycles. The van der Waals surface area contributed by atoms with Crippen LogP contribution in [0.3, 0.4) is 0 Å². The van der Waals surface area contributed by atoms with Crippen molar-refractivity contribution in [2.75, 3.05) is 25.1 Å². The quantitative estimate of drug-likeness (QED) is 0.789. The summed E-state index contributed by atoms with van der Waals surface area (Å²) >= 11 is 0.